The number of benzene rings is 2. The lowest BCUT2D eigenvalue weighted by atomic mass is 9.89. The second-order valence-corrected chi connectivity index (χ2v) is 7.07. The molecule has 2 aliphatic heterocycles. The summed E-state index contributed by atoms with van der Waals surface area (Å²) in [6, 6.07) is 11.0. The number of nitrogens with zero attached hydrogens (tertiary/aromatic N) is 1. The van der Waals surface area contributed by atoms with Crippen molar-refractivity contribution >= 4 is 11.7 Å². The largest absolute Gasteiger partial charge is 0.496 e. The molecule has 0 N–H and O–H groups in total. The molecule has 5 nitrogen and oxygen atoms in total. The van der Waals surface area contributed by atoms with E-state index in [1.807, 2.05) is 36.4 Å². The molecule has 0 radical (unpaired) electrons. The van der Waals surface area contributed by atoms with Crippen molar-refractivity contribution in [1.29, 1.82) is 0 Å². The molecule has 4 rings (SSSR count). The molecule has 1 amide bonds. The zero-order valence-corrected chi connectivity index (χ0v) is 15.9. The lowest BCUT2D eigenvalue weighted by Crippen LogP contribution is -2.56. The van der Waals surface area contributed by atoms with Crippen LogP contribution in [0.4, 0.5) is 13.6 Å². The van der Waals surface area contributed by atoms with Gasteiger partial charge < -0.3 is 14.2 Å². The molecule has 29 heavy (non-hydrogen) atoms. The van der Waals surface area contributed by atoms with Crippen LogP contribution in [0, 0.1) is 11.6 Å². The predicted molar refractivity (Wildman–Crippen MR) is 102 cm³/mol. The van der Waals surface area contributed by atoms with Crippen LogP contribution in [-0.4, -0.2) is 43.4 Å². The van der Waals surface area contributed by atoms with E-state index in [9.17, 15) is 13.6 Å². The zero-order valence-electron chi connectivity index (χ0n) is 15.9. The number of hydrogen-bond acceptors (Lipinski definition) is 4. The fourth-order valence-corrected chi connectivity index (χ4v) is 3.82. The summed E-state index contributed by atoms with van der Waals surface area (Å²) in [5, 5.41) is 0. The Morgan fingerprint density at radius 1 is 1.17 bits per heavy atom. The molecule has 2 heterocycles. The van der Waals surface area contributed by atoms with Crippen LogP contribution in [0.15, 0.2) is 48.5 Å². The van der Waals surface area contributed by atoms with Crippen LogP contribution >= 0.6 is 0 Å². The standard InChI is InChI=1S/C22H21F2NO4/c1-27-21-10-20(24)19(23)9-18(21)15-7-16-12-28-13-17(8-15)25(16)22(26)29-11-14-5-3-2-4-6-14/h2-7,9-10,16-17H,8,11-13H2,1H3. The van der Waals surface area contributed by atoms with E-state index in [1.165, 1.54) is 7.11 Å². The highest BCUT2D eigenvalue weighted by atomic mass is 19.2. The van der Waals surface area contributed by atoms with Crippen molar-refractivity contribution in [3.8, 4) is 5.75 Å². The Kier molecular flexibility index (Phi) is 5.49. The van der Waals surface area contributed by atoms with Crippen LogP contribution in [0.25, 0.3) is 5.57 Å². The summed E-state index contributed by atoms with van der Waals surface area (Å²) in [5.74, 6) is -1.64. The maximum Gasteiger partial charge on any atom is 0.411 e. The van der Waals surface area contributed by atoms with Crippen molar-refractivity contribution in [2.75, 3.05) is 20.3 Å². The summed E-state index contributed by atoms with van der Waals surface area (Å²) in [4.78, 5) is 14.4. The number of halogens is 2. The summed E-state index contributed by atoms with van der Waals surface area (Å²) < 4.78 is 43.7. The van der Waals surface area contributed by atoms with Gasteiger partial charge in [0.15, 0.2) is 11.6 Å². The summed E-state index contributed by atoms with van der Waals surface area (Å²) >= 11 is 0. The molecule has 1 saturated heterocycles. The predicted octanol–water partition coefficient (Wildman–Crippen LogP) is 4.17. The van der Waals surface area contributed by atoms with Gasteiger partial charge in [0.05, 0.1) is 32.4 Å². The molecular weight excluding hydrogens is 380 g/mol. The maximum atomic E-state index is 13.8. The fraction of sp³-hybridized carbons (Fsp3) is 0.318. The third kappa shape index (κ3) is 3.96. The number of morpholine rings is 1. The first-order valence-electron chi connectivity index (χ1n) is 9.37. The van der Waals surface area contributed by atoms with Gasteiger partial charge in [-0.1, -0.05) is 36.4 Å². The third-order valence-electron chi connectivity index (χ3n) is 5.20. The normalized spacial score (nSPS) is 20.8. The molecule has 0 saturated carbocycles. The van der Waals surface area contributed by atoms with Crippen LogP contribution < -0.4 is 4.74 Å². The first-order chi connectivity index (χ1) is 14.1. The van der Waals surface area contributed by atoms with Crippen molar-refractivity contribution in [1.82, 2.24) is 4.90 Å². The maximum absolute atomic E-state index is 13.8. The number of hydrogen-bond donors (Lipinski definition) is 0. The van der Waals surface area contributed by atoms with Crippen LogP contribution in [0.3, 0.4) is 0 Å². The Bertz CT molecular complexity index is 932. The topological polar surface area (TPSA) is 48.0 Å². The molecule has 0 aromatic heterocycles. The molecule has 1 fully saturated rings. The molecule has 0 spiro atoms. The van der Waals surface area contributed by atoms with E-state index in [0.29, 0.717) is 25.2 Å². The van der Waals surface area contributed by atoms with E-state index in [-0.39, 0.29) is 24.4 Å². The second-order valence-electron chi connectivity index (χ2n) is 7.07. The van der Waals surface area contributed by atoms with Crippen LogP contribution in [0.2, 0.25) is 0 Å². The fourth-order valence-electron chi connectivity index (χ4n) is 3.82. The molecule has 2 unspecified atom stereocenters. The van der Waals surface area contributed by atoms with Gasteiger partial charge in [0.25, 0.3) is 0 Å². The van der Waals surface area contributed by atoms with Crippen molar-refractivity contribution in [2.45, 2.75) is 25.1 Å². The average molecular weight is 401 g/mol. The quantitative estimate of drug-likeness (QED) is 0.772. The van der Waals surface area contributed by atoms with Crippen molar-refractivity contribution in [3.05, 3.63) is 71.3 Å². The lowest BCUT2D eigenvalue weighted by Gasteiger charge is -2.43. The second kappa shape index (κ2) is 8.21. The number of carbonyl (C=O) groups is 1. The monoisotopic (exact) mass is 401 g/mol. The number of fused-ring (bicyclic) bond motifs is 2. The van der Waals surface area contributed by atoms with Gasteiger partial charge in [0.1, 0.15) is 12.4 Å². The minimum absolute atomic E-state index is 0.185. The van der Waals surface area contributed by atoms with Crippen LogP contribution in [0.5, 0.6) is 5.75 Å². The Morgan fingerprint density at radius 2 is 1.93 bits per heavy atom. The van der Waals surface area contributed by atoms with Crippen LogP contribution in [0.1, 0.15) is 17.5 Å². The van der Waals surface area contributed by atoms with E-state index < -0.39 is 17.7 Å². The summed E-state index contributed by atoms with van der Waals surface area (Å²) in [7, 11) is 1.41. The smallest absolute Gasteiger partial charge is 0.411 e. The average Bonchev–Trinajstić information content (AvgIpc) is 2.73. The molecule has 2 aromatic rings. The SMILES string of the molecule is COc1cc(F)c(F)cc1C1=CC2COCC(C1)N2C(=O)OCc1ccccc1. The van der Waals surface area contributed by atoms with Gasteiger partial charge in [-0.25, -0.2) is 13.6 Å². The third-order valence-corrected chi connectivity index (χ3v) is 5.20. The van der Waals surface area contributed by atoms with Gasteiger partial charge in [-0.2, -0.15) is 0 Å². The van der Waals surface area contributed by atoms with Crippen molar-refractivity contribution < 1.29 is 27.8 Å². The highest BCUT2D eigenvalue weighted by Crippen LogP contribution is 2.37. The van der Waals surface area contributed by atoms with E-state index in [2.05, 4.69) is 0 Å². The zero-order chi connectivity index (χ0) is 20.4. The number of methoxy groups -OCH3 is 1. The Morgan fingerprint density at radius 3 is 2.66 bits per heavy atom. The van der Waals surface area contributed by atoms with E-state index in [0.717, 1.165) is 23.3 Å². The molecule has 2 aliphatic rings. The summed E-state index contributed by atoms with van der Waals surface area (Å²) in [6.07, 6.45) is 1.85. The summed E-state index contributed by atoms with van der Waals surface area (Å²) in [6.45, 7) is 0.844. The van der Waals surface area contributed by atoms with E-state index in [1.54, 1.807) is 4.90 Å². The van der Waals surface area contributed by atoms with Gasteiger partial charge in [0, 0.05) is 11.6 Å². The number of rotatable bonds is 4. The number of ether oxygens (including phenoxy) is 3. The van der Waals surface area contributed by atoms with Crippen molar-refractivity contribution in [2.24, 2.45) is 0 Å². The van der Waals surface area contributed by atoms with E-state index in [4.69, 9.17) is 14.2 Å². The Hall–Kier alpha value is -2.93. The molecule has 0 aliphatic carbocycles. The van der Waals surface area contributed by atoms with Crippen molar-refractivity contribution in [3.63, 3.8) is 0 Å². The van der Waals surface area contributed by atoms with Crippen LogP contribution in [-0.2, 0) is 16.1 Å². The molecule has 2 atom stereocenters. The molecule has 2 aromatic carbocycles. The molecular formula is C22H21F2NO4. The lowest BCUT2D eigenvalue weighted by molar-refractivity contribution is -0.0342. The number of amides is 1. The minimum Gasteiger partial charge on any atom is -0.496 e. The van der Waals surface area contributed by atoms with Gasteiger partial charge >= 0.3 is 6.09 Å². The Balaban J connectivity index is 1.56. The van der Waals surface area contributed by atoms with Gasteiger partial charge in [-0.05, 0) is 23.6 Å². The Labute approximate surface area is 167 Å². The number of carbonyl (C=O) groups excluding carboxylic acids is 1. The van der Waals surface area contributed by atoms with Gasteiger partial charge in [-0.15, -0.1) is 0 Å². The highest BCUT2D eigenvalue weighted by Gasteiger charge is 2.39. The van der Waals surface area contributed by atoms with E-state index >= 15 is 0 Å². The molecule has 2 bridgehead atoms. The highest BCUT2D eigenvalue weighted by molar-refractivity contribution is 5.76. The first kappa shape index (κ1) is 19.4. The van der Waals surface area contributed by atoms with Gasteiger partial charge in [-0.3, -0.25) is 4.90 Å². The minimum atomic E-state index is -0.961. The first-order valence-corrected chi connectivity index (χ1v) is 9.37. The van der Waals surface area contributed by atoms with Gasteiger partial charge in [0.2, 0.25) is 0 Å². The molecule has 152 valence electrons. The molecule has 7 heteroatoms. The summed E-state index contributed by atoms with van der Waals surface area (Å²) in [5.41, 5.74) is 2.19.